The summed E-state index contributed by atoms with van der Waals surface area (Å²) in [5, 5.41) is 0. The van der Waals surface area contributed by atoms with Crippen LogP contribution in [-0.2, 0) is 28.6 Å². The fourth-order valence-electron chi connectivity index (χ4n) is 2.71. The highest BCUT2D eigenvalue weighted by Crippen LogP contribution is 2.36. The van der Waals surface area contributed by atoms with Crippen molar-refractivity contribution in [2.75, 3.05) is 6.61 Å². The molecule has 0 aliphatic carbocycles. The normalized spacial score (nSPS) is 18.7. The molecule has 0 saturated carbocycles. The summed E-state index contributed by atoms with van der Waals surface area (Å²) in [5.41, 5.74) is -0.470. The zero-order valence-corrected chi connectivity index (χ0v) is 15.1. The Bertz CT molecular complexity index is 492. The standard InChI is InChI=1S/C18H28O6/c1-6-13(23-15(19)12(4)5)11-18(7-2,8-3)17(21)24-14-9-10-22-16(14)20/h13-14H,4,6-11H2,1-3,5H3. The summed E-state index contributed by atoms with van der Waals surface area (Å²) in [6.45, 7) is 11.1. The molecule has 0 aromatic rings. The van der Waals surface area contributed by atoms with Crippen LogP contribution >= 0.6 is 0 Å². The Morgan fingerprint density at radius 2 is 1.96 bits per heavy atom. The van der Waals surface area contributed by atoms with E-state index in [4.69, 9.17) is 14.2 Å². The molecule has 0 radical (unpaired) electrons. The molecule has 136 valence electrons. The molecule has 6 nitrogen and oxygen atoms in total. The minimum atomic E-state index is -0.826. The number of esters is 3. The van der Waals surface area contributed by atoms with E-state index < -0.39 is 35.5 Å². The van der Waals surface area contributed by atoms with Crippen LogP contribution in [0.1, 0.15) is 59.8 Å². The van der Waals surface area contributed by atoms with E-state index in [2.05, 4.69) is 6.58 Å². The van der Waals surface area contributed by atoms with Gasteiger partial charge in [0.05, 0.1) is 12.0 Å². The van der Waals surface area contributed by atoms with Crippen LogP contribution in [0.15, 0.2) is 12.2 Å². The molecule has 2 atom stereocenters. The number of cyclic esters (lactones) is 1. The van der Waals surface area contributed by atoms with Crippen LogP contribution in [0.25, 0.3) is 0 Å². The largest absolute Gasteiger partial charge is 0.463 e. The van der Waals surface area contributed by atoms with Gasteiger partial charge in [0.1, 0.15) is 6.10 Å². The zero-order valence-electron chi connectivity index (χ0n) is 15.1. The highest BCUT2D eigenvalue weighted by Gasteiger charge is 2.42. The number of carbonyl (C=O) groups excluding carboxylic acids is 3. The molecule has 0 spiro atoms. The molecule has 1 heterocycles. The molecule has 1 aliphatic rings. The fraction of sp³-hybridized carbons (Fsp3) is 0.722. The Balaban J connectivity index is 2.84. The van der Waals surface area contributed by atoms with Crippen molar-refractivity contribution in [2.24, 2.45) is 5.41 Å². The van der Waals surface area contributed by atoms with Gasteiger partial charge in [-0.05, 0) is 26.2 Å². The van der Waals surface area contributed by atoms with E-state index in [-0.39, 0.29) is 6.61 Å². The first-order valence-corrected chi connectivity index (χ1v) is 8.53. The van der Waals surface area contributed by atoms with Gasteiger partial charge in [0.2, 0.25) is 6.10 Å². The lowest BCUT2D eigenvalue weighted by molar-refractivity contribution is -0.172. The third kappa shape index (κ3) is 4.82. The predicted molar refractivity (Wildman–Crippen MR) is 88.1 cm³/mol. The maximum Gasteiger partial charge on any atom is 0.347 e. The van der Waals surface area contributed by atoms with Crippen molar-refractivity contribution in [3.05, 3.63) is 12.2 Å². The molecule has 0 amide bonds. The van der Waals surface area contributed by atoms with Crippen LogP contribution < -0.4 is 0 Å². The van der Waals surface area contributed by atoms with E-state index in [1.807, 2.05) is 20.8 Å². The van der Waals surface area contributed by atoms with Crippen LogP contribution in [0.5, 0.6) is 0 Å². The minimum absolute atomic E-state index is 0.274. The second kappa shape index (κ2) is 8.85. The molecular weight excluding hydrogens is 312 g/mol. The van der Waals surface area contributed by atoms with E-state index in [0.717, 1.165) is 0 Å². The summed E-state index contributed by atoms with van der Waals surface area (Å²) < 4.78 is 15.7. The van der Waals surface area contributed by atoms with Gasteiger partial charge in [0.15, 0.2) is 0 Å². The van der Waals surface area contributed by atoms with E-state index in [1.54, 1.807) is 6.92 Å². The van der Waals surface area contributed by atoms with Gasteiger partial charge in [0.25, 0.3) is 0 Å². The molecule has 2 unspecified atom stereocenters. The van der Waals surface area contributed by atoms with Crippen molar-refractivity contribution >= 4 is 17.9 Å². The predicted octanol–water partition coefficient (Wildman–Crippen LogP) is 2.94. The molecule has 0 N–H and O–H groups in total. The smallest absolute Gasteiger partial charge is 0.347 e. The average Bonchev–Trinajstić information content (AvgIpc) is 2.96. The zero-order chi connectivity index (χ0) is 18.3. The molecule has 1 aliphatic heterocycles. The number of rotatable bonds is 9. The second-order valence-corrected chi connectivity index (χ2v) is 6.26. The Kier molecular flexibility index (Phi) is 7.45. The highest BCUT2D eigenvalue weighted by atomic mass is 16.6. The van der Waals surface area contributed by atoms with Gasteiger partial charge in [-0.3, -0.25) is 4.79 Å². The van der Waals surface area contributed by atoms with Crippen molar-refractivity contribution in [1.29, 1.82) is 0 Å². The number of hydrogen-bond donors (Lipinski definition) is 0. The van der Waals surface area contributed by atoms with Crippen molar-refractivity contribution in [2.45, 2.75) is 72.0 Å². The number of carbonyl (C=O) groups is 3. The quantitative estimate of drug-likeness (QED) is 0.365. The highest BCUT2D eigenvalue weighted by molar-refractivity contribution is 5.87. The van der Waals surface area contributed by atoms with Gasteiger partial charge < -0.3 is 14.2 Å². The topological polar surface area (TPSA) is 78.9 Å². The number of hydrogen-bond acceptors (Lipinski definition) is 6. The summed E-state index contributed by atoms with van der Waals surface area (Å²) in [4.78, 5) is 36.0. The Morgan fingerprint density at radius 1 is 1.33 bits per heavy atom. The molecule has 0 aromatic heterocycles. The first kappa shape index (κ1) is 20.2. The first-order chi connectivity index (χ1) is 11.3. The van der Waals surface area contributed by atoms with Gasteiger partial charge in [-0.2, -0.15) is 0 Å². The van der Waals surface area contributed by atoms with E-state index in [1.165, 1.54) is 0 Å². The Labute approximate surface area is 143 Å². The maximum atomic E-state index is 12.7. The summed E-state index contributed by atoms with van der Waals surface area (Å²) in [5.74, 6) is -1.39. The maximum absolute atomic E-state index is 12.7. The van der Waals surface area contributed by atoms with Crippen molar-refractivity contribution in [3.8, 4) is 0 Å². The molecule has 6 heteroatoms. The molecule has 1 fully saturated rings. The SMILES string of the molecule is C=C(C)C(=O)OC(CC)CC(CC)(CC)C(=O)OC1CCOC1=O. The van der Waals surface area contributed by atoms with Crippen LogP contribution in [0.4, 0.5) is 0 Å². The van der Waals surface area contributed by atoms with Crippen molar-refractivity contribution in [1.82, 2.24) is 0 Å². The average molecular weight is 340 g/mol. The summed E-state index contributed by atoms with van der Waals surface area (Å²) in [6, 6.07) is 0. The van der Waals surface area contributed by atoms with Crippen LogP contribution in [0.3, 0.4) is 0 Å². The van der Waals surface area contributed by atoms with Gasteiger partial charge in [-0.15, -0.1) is 0 Å². The summed E-state index contributed by atoms with van der Waals surface area (Å²) in [7, 11) is 0. The monoisotopic (exact) mass is 340 g/mol. The van der Waals surface area contributed by atoms with Gasteiger partial charge in [-0.1, -0.05) is 27.4 Å². The van der Waals surface area contributed by atoms with Crippen molar-refractivity contribution in [3.63, 3.8) is 0 Å². The first-order valence-electron chi connectivity index (χ1n) is 8.53. The lowest BCUT2D eigenvalue weighted by Crippen LogP contribution is -2.39. The van der Waals surface area contributed by atoms with E-state index in [0.29, 0.717) is 37.7 Å². The fourth-order valence-corrected chi connectivity index (χ4v) is 2.71. The van der Waals surface area contributed by atoms with E-state index >= 15 is 0 Å². The van der Waals surface area contributed by atoms with Crippen LogP contribution in [0, 0.1) is 5.41 Å². The molecular formula is C18H28O6. The van der Waals surface area contributed by atoms with E-state index in [9.17, 15) is 14.4 Å². The van der Waals surface area contributed by atoms with Crippen LogP contribution in [-0.4, -0.2) is 36.7 Å². The molecule has 1 saturated heterocycles. The second-order valence-electron chi connectivity index (χ2n) is 6.26. The Hall–Kier alpha value is -1.85. The molecule has 24 heavy (non-hydrogen) atoms. The molecule has 1 rings (SSSR count). The summed E-state index contributed by atoms with van der Waals surface area (Å²) in [6.07, 6.45) is 1.16. The minimum Gasteiger partial charge on any atom is -0.463 e. The van der Waals surface area contributed by atoms with Gasteiger partial charge in [-0.25, -0.2) is 9.59 Å². The van der Waals surface area contributed by atoms with Gasteiger partial charge in [0, 0.05) is 18.4 Å². The lowest BCUT2D eigenvalue weighted by atomic mass is 9.77. The van der Waals surface area contributed by atoms with Gasteiger partial charge >= 0.3 is 17.9 Å². The number of ether oxygens (including phenoxy) is 3. The Morgan fingerprint density at radius 3 is 2.38 bits per heavy atom. The lowest BCUT2D eigenvalue weighted by Gasteiger charge is -2.33. The molecule has 0 aromatic carbocycles. The summed E-state index contributed by atoms with van der Waals surface area (Å²) >= 11 is 0. The van der Waals surface area contributed by atoms with Crippen molar-refractivity contribution < 1.29 is 28.6 Å². The third-order valence-electron chi connectivity index (χ3n) is 4.62. The van der Waals surface area contributed by atoms with Crippen LogP contribution in [0.2, 0.25) is 0 Å². The third-order valence-corrected chi connectivity index (χ3v) is 4.62. The molecule has 0 bridgehead atoms.